The van der Waals surface area contributed by atoms with Gasteiger partial charge in [-0.15, -0.1) is 0 Å². The van der Waals surface area contributed by atoms with Gasteiger partial charge in [0.2, 0.25) is 10.0 Å². The van der Waals surface area contributed by atoms with Gasteiger partial charge >= 0.3 is 0 Å². The normalized spacial score (nSPS) is 15.2. The molecular weight excluding hydrogens is 409 g/mol. The molecule has 3 rings (SSSR count). The molecule has 1 saturated heterocycles. The van der Waals surface area contributed by atoms with Crippen molar-refractivity contribution in [2.45, 2.75) is 11.3 Å². The number of methoxy groups -OCH3 is 2. The zero-order chi connectivity index (χ0) is 21.6. The summed E-state index contributed by atoms with van der Waals surface area (Å²) in [6, 6.07) is 11.1. The van der Waals surface area contributed by atoms with E-state index in [1.807, 2.05) is 0 Å². The van der Waals surface area contributed by atoms with Crippen LogP contribution >= 0.6 is 0 Å². The van der Waals surface area contributed by atoms with E-state index in [9.17, 15) is 12.8 Å². The van der Waals surface area contributed by atoms with E-state index in [2.05, 4.69) is 14.5 Å². The molecule has 0 amide bonds. The molecule has 9 heteroatoms. The maximum Gasteiger partial charge on any atom is 0.240 e. The smallest absolute Gasteiger partial charge is 0.240 e. The van der Waals surface area contributed by atoms with Crippen molar-refractivity contribution in [1.29, 1.82) is 0 Å². The van der Waals surface area contributed by atoms with Crippen LogP contribution in [-0.4, -0.2) is 66.8 Å². The minimum Gasteiger partial charge on any atom is -0.493 e. The summed E-state index contributed by atoms with van der Waals surface area (Å²) in [6.45, 7) is 4.67. The second-order valence-corrected chi connectivity index (χ2v) is 8.84. The Labute approximate surface area is 177 Å². The number of benzene rings is 2. The summed E-state index contributed by atoms with van der Waals surface area (Å²) < 4.78 is 51.1. The fourth-order valence-electron chi connectivity index (χ4n) is 3.46. The van der Waals surface area contributed by atoms with Gasteiger partial charge in [-0.05, 0) is 49.4 Å². The number of sulfonamides is 1. The molecule has 0 aromatic heterocycles. The maximum atomic E-state index is 13.1. The second kappa shape index (κ2) is 10.1. The standard InChI is InChI=1S/C21H28FN3O4S/c1-28-20-9-8-19(16-21(20)29-2)30(26,27)23-10-3-11-24-12-14-25(15-13-24)18-6-4-17(22)5-7-18/h4-9,16,23H,3,10-15H2,1-2H3. The summed E-state index contributed by atoms with van der Waals surface area (Å²) in [5.74, 6) is 0.628. The molecule has 0 radical (unpaired) electrons. The molecule has 30 heavy (non-hydrogen) atoms. The summed E-state index contributed by atoms with van der Waals surface area (Å²) >= 11 is 0. The molecule has 0 atom stereocenters. The molecule has 0 saturated carbocycles. The van der Waals surface area contributed by atoms with E-state index >= 15 is 0 Å². The van der Waals surface area contributed by atoms with Crippen molar-refractivity contribution < 1.29 is 22.3 Å². The molecule has 0 unspecified atom stereocenters. The van der Waals surface area contributed by atoms with Crippen molar-refractivity contribution in [3.05, 3.63) is 48.3 Å². The van der Waals surface area contributed by atoms with Gasteiger partial charge in [0.1, 0.15) is 5.82 Å². The number of anilines is 1. The Bertz CT molecular complexity index is 930. The number of rotatable bonds is 9. The fourth-order valence-corrected chi connectivity index (χ4v) is 4.55. The molecule has 7 nitrogen and oxygen atoms in total. The molecule has 0 bridgehead atoms. The predicted octanol–water partition coefficient (Wildman–Crippen LogP) is 2.33. The first-order valence-electron chi connectivity index (χ1n) is 9.87. The summed E-state index contributed by atoms with van der Waals surface area (Å²) in [4.78, 5) is 4.69. The van der Waals surface area contributed by atoms with Gasteiger partial charge in [-0.25, -0.2) is 17.5 Å². The zero-order valence-corrected chi connectivity index (χ0v) is 18.1. The Morgan fingerprint density at radius 2 is 1.63 bits per heavy atom. The first-order chi connectivity index (χ1) is 14.4. The number of nitrogens with zero attached hydrogens (tertiary/aromatic N) is 2. The van der Waals surface area contributed by atoms with E-state index in [0.29, 0.717) is 24.5 Å². The van der Waals surface area contributed by atoms with Crippen molar-refractivity contribution in [2.75, 3.05) is 58.4 Å². The van der Waals surface area contributed by atoms with Crippen LogP contribution < -0.4 is 19.1 Å². The third-order valence-electron chi connectivity index (χ3n) is 5.17. The topological polar surface area (TPSA) is 71.1 Å². The van der Waals surface area contributed by atoms with E-state index in [4.69, 9.17) is 9.47 Å². The van der Waals surface area contributed by atoms with Crippen LogP contribution in [0.15, 0.2) is 47.4 Å². The highest BCUT2D eigenvalue weighted by molar-refractivity contribution is 7.89. The van der Waals surface area contributed by atoms with E-state index in [-0.39, 0.29) is 10.7 Å². The molecule has 0 spiro atoms. The monoisotopic (exact) mass is 437 g/mol. The molecule has 2 aromatic carbocycles. The average molecular weight is 438 g/mol. The second-order valence-electron chi connectivity index (χ2n) is 7.07. The van der Waals surface area contributed by atoms with E-state index in [1.165, 1.54) is 38.5 Å². The number of halogens is 1. The Morgan fingerprint density at radius 1 is 0.967 bits per heavy atom. The first-order valence-corrected chi connectivity index (χ1v) is 11.4. The largest absolute Gasteiger partial charge is 0.493 e. The number of hydrogen-bond donors (Lipinski definition) is 1. The number of piperazine rings is 1. The van der Waals surface area contributed by atoms with E-state index in [1.54, 1.807) is 18.2 Å². The lowest BCUT2D eigenvalue weighted by Crippen LogP contribution is -2.47. The van der Waals surface area contributed by atoms with Gasteiger partial charge in [-0.2, -0.15) is 0 Å². The van der Waals surface area contributed by atoms with Crippen LogP contribution in [-0.2, 0) is 10.0 Å². The number of hydrogen-bond acceptors (Lipinski definition) is 6. The van der Waals surface area contributed by atoms with Crippen molar-refractivity contribution in [3.8, 4) is 11.5 Å². The average Bonchev–Trinajstić information content (AvgIpc) is 2.77. The van der Waals surface area contributed by atoms with E-state index in [0.717, 1.165) is 38.4 Å². The van der Waals surface area contributed by atoms with Crippen LogP contribution in [0.4, 0.5) is 10.1 Å². The maximum absolute atomic E-state index is 13.1. The SMILES string of the molecule is COc1ccc(S(=O)(=O)NCCCN2CCN(c3ccc(F)cc3)CC2)cc1OC. The molecule has 1 aliphatic rings. The van der Waals surface area contributed by atoms with Gasteiger partial charge in [-0.3, -0.25) is 4.90 Å². The van der Waals surface area contributed by atoms with Gasteiger partial charge in [0, 0.05) is 44.5 Å². The van der Waals surface area contributed by atoms with Crippen molar-refractivity contribution >= 4 is 15.7 Å². The van der Waals surface area contributed by atoms with Crippen molar-refractivity contribution in [2.24, 2.45) is 0 Å². The summed E-state index contributed by atoms with van der Waals surface area (Å²) in [7, 11) is -0.639. The van der Waals surface area contributed by atoms with Crippen LogP contribution in [0.1, 0.15) is 6.42 Å². The molecule has 2 aromatic rings. The molecule has 164 valence electrons. The first kappa shape index (κ1) is 22.3. The summed E-state index contributed by atoms with van der Waals surface area (Å²) in [6.07, 6.45) is 0.711. The molecule has 1 aliphatic heterocycles. The minimum absolute atomic E-state index is 0.146. The molecule has 1 heterocycles. The fraction of sp³-hybridized carbons (Fsp3) is 0.429. The van der Waals surface area contributed by atoms with Gasteiger partial charge in [-0.1, -0.05) is 0 Å². The Hall–Kier alpha value is -2.36. The molecule has 1 N–H and O–H groups in total. The van der Waals surface area contributed by atoms with Gasteiger partial charge in [0.15, 0.2) is 11.5 Å². The summed E-state index contributed by atoms with van der Waals surface area (Å²) in [5, 5.41) is 0. The van der Waals surface area contributed by atoms with Gasteiger partial charge < -0.3 is 14.4 Å². The molecular formula is C21H28FN3O4S. The van der Waals surface area contributed by atoms with Crippen molar-refractivity contribution in [3.63, 3.8) is 0 Å². The third-order valence-corrected chi connectivity index (χ3v) is 6.63. The van der Waals surface area contributed by atoms with Gasteiger partial charge in [0.05, 0.1) is 19.1 Å². The number of nitrogens with one attached hydrogen (secondary N) is 1. The van der Waals surface area contributed by atoms with Gasteiger partial charge in [0.25, 0.3) is 0 Å². The van der Waals surface area contributed by atoms with Crippen molar-refractivity contribution in [1.82, 2.24) is 9.62 Å². The molecule has 0 aliphatic carbocycles. The van der Waals surface area contributed by atoms with Crippen LogP contribution in [0.2, 0.25) is 0 Å². The lowest BCUT2D eigenvalue weighted by Gasteiger charge is -2.36. The highest BCUT2D eigenvalue weighted by Crippen LogP contribution is 2.29. The van der Waals surface area contributed by atoms with Crippen LogP contribution in [0.25, 0.3) is 0 Å². The summed E-state index contributed by atoms with van der Waals surface area (Å²) in [5.41, 5.74) is 1.03. The lowest BCUT2D eigenvalue weighted by molar-refractivity contribution is 0.255. The number of ether oxygens (including phenoxy) is 2. The highest BCUT2D eigenvalue weighted by Gasteiger charge is 2.19. The zero-order valence-electron chi connectivity index (χ0n) is 17.3. The van der Waals surface area contributed by atoms with E-state index < -0.39 is 10.0 Å². The predicted molar refractivity (Wildman–Crippen MR) is 114 cm³/mol. The Morgan fingerprint density at radius 3 is 2.27 bits per heavy atom. The van der Waals surface area contributed by atoms with Crippen LogP contribution in [0, 0.1) is 5.82 Å². The third kappa shape index (κ3) is 5.62. The van der Waals surface area contributed by atoms with Crippen LogP contribution in [0.5, 0.6) is 11.5 Å². The Kier molecular flexibility index (Phi) is 7.52. The lowest BCUT2D eigenvalue weighted by atomic mass is 10.2. The quantitative estimate of drug-likeness (QED) is 0.608. The molecule has 1 fully saturated rings. The van der Waals surface area contributed by atoms with Crippen LogP contribution in [0.3, 0.4) is 0 Å². The minimum atomic E-state index is -3.61. The Balaban J connectivity index is 1.43. The highest BCUT2D eigenvalue weighted by atomic mass is 32.2.